The van der Waals surface area contributed by atoms with Crippen molar-refractivity contribution in [3.05, 3.63) is 97.6 Å². The fourth-order valence-electron chi connectivity index (χ4n) is 2.68. The van der Waals surface area contributed by atoms with Crippen molar-refractivity contribution in [1.82, 2.24) is 0 Å². The Bertz CT molecular complexity index is 1090. The quantitative estimate of drug-likeness (QED) is 0.334. The highest BCUT2D eigenvalue weighted by Gasteiger charge is 2.23. The highest BCUT2D eigenvalue weighted by Crippen LogP contribution is 2.33. The van der Waals surface area contributed by atoms with Crippen LogP contribution >= 0.6 is 0 Å². The SMILES string of the molecule is Cc1ccc(N=Cc2c(Nc3ccc(C)cc3)cc([N+](=O)[O-])cc2[N+](=O)[O-])cc1. The molecular weight excluding hydrogens is 372 g/mol. The zero-order chi connectivity index (χ0) is 21.0. The van der Waals surface area contributed by atoms with Crippen LogP contribution in [0.5, 0.6) is 0 Å². The van der Waals surface area contributed by atoms with Crippen molar-refractivity contribution in [3.63, 3.8) is 0 Å². The summed E-state index contributed by atoms with van der Waals surface area (Å²) in [5, 5.41) is 25.9. The maximum absolute atomic E-state index is 11.6. The normalized spacial score (nSPS) is 10.8. The lowest BCUT2D eigenvalue weighted by Gasteiger charge is -2.10. The smallest absolute Gasteiger partial charge is 0.287 e. The van der Waals surface area contributed by atoms with Crippen LogP contribution in [0.25, 0.3) is 0 Å². The number of anilines is 2. The Morgan fingerprint density at radius 2 is 1.45 bits per heavy atom. The average molecular weight is 390 g/mol. The van der Waals surface area contributed by atoms with Crippen LogP contribution < -0.4 is 5.32 Å². The Labute approximate surface area is 166 Å². The van der Waals surface area contributed by atoms with E-state index in [-0.39, 0.29) is 16.9 Å². The summed E-state index contributed by atoms with van der Waals surface area (Å²) in [5.41, 5.74) is 2.98. The van der Waals surface area contributed by atoms with Crippen LogP contribution in [0.1, 0.15) is 16.7 Å². The minimum Gasteiger partial charge on any atom is -0.355 e. The largest absolute Gasteiger partial charge is 0.355 e. The molecule has 0 aliphatic rings. The molecular formula is C21H18N4O4. The van der Waals surface area contributed by atoms with Gasteiger partial charge in [0.1, 0.15) is 0 Å². The van der Waals surface area contributed by atoms with Crippen molar-refractivity contribution >= 4 is 34.7 Å². The zero-order valence-electron chi connectivity index (χ0n) is 15.8. The lowest BCUT2D eigenvalue weighted by atomic mass is 10.1. The number of nitrogens with one attached hydrogen (secondary N) is 1. The molecule has 1 N–H and O–H groups in total. The summed E-state index contributed by atoms with van der Waals surface area (Å²) >= 11 is 0. The third-order valence-electron chi connectivity index (χ3n) is 4.26. The molecule has 0 radical (unpaired) electrons. The Morgan fingerprint density at radius 3 is 2.00 bits per heavy atom. The second-order valence-corrected chi connectivity index (χ2v) is 6.53. The first-order valence-corrected chi connectivity index (χ1v) is 8.75. The summed E-state index contributed by atoms with van der Waals surface area (Å²) in [7, 11) is 0. The minimum atomic E-state index is -0.659. The van der Waals surface area contributed by atoms with Gasteiger partial charge in [0.05, 0.1) is 32.9 Å². The Kier molecular flexibility index (Phi) is 5.64. The summed E-state index contributed by atoms with van der Waals surface area (Å²) in [5.74, 6) is 0. The van der Waals surface area contributed by atoms with Gasteiger partial charge in [0, 0.05) is 18.0 Å². The van der Waals surface area contributed by atoms with Gasteiger partial charge in [0.25, 0.3) is 11.4 Å². The van der Waals surface area contributed by atoms with Gasteiger partial charge in [0.15, 0.2) is 0 Å². The van der Waals surface area contributed by atoms with Crippen LogP contribution in [-0.4, -0.2) is 16.1 Å². The van der Waals surface area contributed by atoms with Crippen LogP contribution in [0.4, 0.5) is 28.4 Å². The van der Waals surface area contributed by atoms with Gasteiger partial charge in [-0.3, -0.25) is 25.2 Å². The zero-order valence-corrected chi connectivity index (χ0v) is 15.8. The van der Waals surface area contributed by atoms with E-state index in [9.17, 15) is 20.2 Å². The molecule has 0 unspecified atom stereocenters. The van der Waals surface area contributed by atoms with Crippen LogP contribution in [-0.2, 0) is 0 Å². The summed E-state index contributed by atoms with van der Waals surface area (Å²) in [6, 6.07) is 16.9. The van der Waals surface area contributed by atoms with Gasteiger partial charge in [-0.2, -0.15) is 0 Å². The highest BCUT2D eigenvalue weighted by molar-refractivity contribution is 5.96. The van der Waals surface area contributed by atoms with Crippen molar-refractivity contribution < 1.29 is 9.85 Å². The number of aliphatic imine (C=N–C) groups is 1. The number of nitrogens with zero attached hydrogens (tertiary/aromatic N) is 3. The van der Waals surface area contributed by atoms with Crippen LogP contribution in [0.2, 0.25) is 0 Å². The van der Waals surface area contributed by atoms with Gasteiger partial charge in [0.2, 0.25) is 0 Å². The molecule has 0 saturated heterocycles. The van der Waals surface area contributed by atoms with E-state index in [4.69, 9.17) is 0 Å². The number of aryl methyl sites for hydroxylation is 2. The van der Waals surface area contributed by atoms with Crippen LogP contribution in [0.15, 0.2) is 65.7 Å². The molecule has 0 fully saturated rings. The number of nitro benzene ring substituents is 2. The molecule has 3 aromatic carbocycles. The fraction of sp³-hybridized carbons (Fsp3) is 0.0952. The molecule has 0 atom stereocenters. The first-order valence-electron chi connectivity index (χ1n) is 8.75. The van der Waals surface area contributed by atoms with E-state index >= 15 is 0 Å². The maximum Gasteiger partial charge on any atom is 0.287 e. The number of hydrogen-bond donors (Lipinski definition) is 1. The summed E-state index contributed by atoms with van der Waals surface area (Å²) in [6.07, 6.45) is 1.35. The maximum atomic E-state index is 11.6. The highest BCUT2D eigenvalue weighted by atomic mass is 16.6. The van der Waals surface area contributed by atoms with E-state index in [0.717, 1.165) is 17.2 Å². The molecule has 0 amide bonds. The molecule has 146 valence electrons. The first-order chi connectivity index (χ1) is 13.8. The predicted octanol–water partition coefficient (Wildman–Crippen LogP) is 5.61. The van der Waals surface area contributed by atoms with E-state index in [2.05, 4.69) is 10.3 Å². The molecule has 8 nitrogen and oxygen atoms in total. The molecule has 0 bridgehead atoms. The van der Waals surface area contributed by atoms with Crippen LogP contribution in [0, 0.1) is 34.1 Å². The summed E-state index contributed by atoms with van der Waals surface area (Å²) in [6.45, 7) is 3.87. The third kappa shape index (κ3) is 4.81. The van der Waals surface area contributed by atoms with Crippen molar-refractivity contribution in [2.24, 2.45) is 4.99 Å². The first kappa shape index (κ1) is 19.7. The number of benzene rings is 3. The van der Waals surface area contributed by atoms with E-state index in [1.807, 2.05) is 38.1 Å². The standard InChI is InChI=1S/C21H18N4O4/c1-14-3-7-16(8-4-14)22-13-19-20(23-17-9-5-15(2)6-10-17)11-18(24(26)27)12-21(19)25(28)29/h3-13,23H,1-2H3. The van der Waals surface area contributed by atoms with Gasteiger partial charge in [-0.1, -0.05) is 35.4 Å². The molecule has 0 aromatic heterocycles. The van der Waals surface area contributed by atoms with E-state index in [0.29, 0.717) is 11.4 Å². The molecule has 0 saturated carbocycles. The fourth-order valence-corrected chi connectivity index (χ4v) is 2.68. The van der Waals surface area contributed by atoms with Crippen molar-refractivity contribution in [2.45, 2.75) is 13.8 Å². The molecule has 0 spiro atoms. The molecule has 0 heterocycles. The molecule has 8 heteroatoms. The van der Waals surface area contributed by atoms with Crippen molar-refractivity contribution in [1.29, 1.82) is 0 Å². The van der Waals surface area contributed by atoms with E-state index in [1.165, 1.54) is 12.3 Å². The van der Waals surface area contributed by atoms with E-state index < -0.39 is 15.5 Å². The lowest BCUT2D eigenvalue weighted by Crippen LogP contribution is -2.03. The topological polar surface area (TPSA) is 111 Å². The van der Waals surface area contributed by atoms with Gasteiger partial charge >= 0.3 is 0 Å². The van der Waals surface area contributed by atoms with Crippen molar-refractivity contribution in [3.8, 4) is 0 Å². The average Bonchev–Trinajstić information content (AvgIpc) is 2.69. The molecule has 3 rings (SSSR count). The Morgan fingerprint density at radius 1 is 0.862 bits per heavy atom. The second-order valence-electron chi connectivity index (χ2n) is 6.53. The number of nitro groups is 2. The second kappa shape index (κ2) is 8.30. The molecule has 0 aliphatic carbocycles. The number of hydrogen-bond acceptors (Lipinski definition) is 6. The van der Waals surface area contributed by atoms with Gasteiger partial charge in [-0.05, 0) is 38.1 Å². The molecule has 0 aliphatic heterocycles. The van der Waals surface area contributed by atoms with Gasteiger partial charge < -0.3 is 5.32 Å². The lowest BCUT2D eigenvalue weighted by molar-refractivity contribution is -0.394. The van der Waals surface area contributed by atoms with Gasteiger partial charge in [-0.25, -0.2) is 0 Å². The third-order valence-corrected chi connectivity index (χ3v) is 4.26. The van der Waals surface area contributed by atoms with Crippen molar-refractivity contribution in [2.75, 3.05) is 5.32 Å². The number of non-ortho nitro benzene ring substituents is 1. The summed E-state index contributed by atoms with van der Waals surface area (Å²) < 4.78 is 0. The van der Waals surface area contributed by atoms with E-state index in [1.54, 1.807) is 24.3 Å². The number of rotatable bonds is 6. The predicted molar refractivity (Wildman–Crippen MR) is 113 cm³/mol. The summed E-state index contributed by atoms with van der Waals surface area (Å²) in [4.78, 5) is 25.9. The van der Waals surface area contributed by atoms with Gasteiger partial charge in [-0.15, -0.1) is 0 Å². The minimum absolute atomic E-state index is 0.154. The monoisotopic (exact) mass is 390 g/mol. The molecule has 3 aromatic rings. The van der Waals surface area contributed by atoms with Crippen LogP contribution in [0.3, 0.4) is 0 Å². The Hall–Kier alpha value is -4.07. The molecule has 29 heavy (non-hydrogen) atoms. The Balaban J connectivity index is 2.11.